The van der Waals surface area contributed by atoms with Gasteiger partial charge < -0.3 is 10.3 Å². The van der Waals surface area contributed by atoms with Crippen LogP contribution in [0.25, 0.3) is 0 Å². The third kappa shape index (κ3) is 2.96. The normalized spacial score (nSPS) is 10.4. The molecule has 2 aromatic rings. The molecule has 2 rings (SSSR count). The largest absolute Gasteiger partial charge is 0.356 e. The van der Waals surface area contributed by atoms with Crippen molar-refractivity contribution in [2.24, 2.45) is 0 Å². The Bertz CT molecular complexity index is 610. The van der Waals surface area contributed by atoms with Gasteiger partial charge in [-0.05, 0) is 62.5 Å². The third-order valence-corrected chi connectivity index (χ3v) is 3.91. The number of carbonyl (C=O) groups excluding carboxylic acids is 1. The van der Waals surface area contributed by atoms with E-state index in [2.05, 4.69) is 42.2 Å². The molecule has 3 nitrogen and oxygen atoms in total. The van der Waals surface area contributed by atoms with Crippen molar-refractivity contribution >= 4 is 55.1 Å². The van der Waals surface area contributed by atoms with Crippen molar-refractivity contribution in [2.45, 2.75) is 6.92 Å². The van der Waals surface area contributed by atoms with E-state index in [4.69, 9.17) is 11.6 Å². The quantitative estimate of drug-likeness (QED) is 0.761. The molecule has 0 aliphatic rings. The van der Waals surface area contributed by atoms with Crippen LogP contribution in [0.15, 0.2) is 33.3 Å². The highest BCUT2D eigenvalue weighted by Gasteiger charge is 2.11. The molecule has 0 unspecified atom stereocenters. The van der Waals surface area contributed by atoms with Gasteiger partial charge in [-0.25, -0.2) is 0 Å². The Kier molecular flexibility index (Phi) is 4.14. The molecule has 1 aromatic heterocycles. The molecule has 6 heteroatoms. The van der Waals surface area contributed by atoms with Crippen LogP contribution in [0.4, 0.5) is 5.69 Å². The van der Waals surface area contributed by atoms with Gasteiger partial charge >= 0.3 is 0 Å². The smallest absolute Gasteiger partial charge is 0.272 e. The van der Waals surface area contributed by atoms with Crippen molar-refractivity contribution in [3.63, 3.8) is 0 Å². The van der Waals surface area contributed by atoms with E-state index in [1.54, 1.807) is 18.3 Å². The Labute approximate surface area is 126 Å². The number of aryl methyl sites for hydroxylation is 1. The van der Waals surface area contributed by atoms with Crippen LogP contribution in [0, 0.1) is 6.92 Å². The lowest BCUT2D eigenvalue weighted by Gasteiger charge is -2.08. The second-order valence-corrected chi connectivity index (χ2v) is 5.94. The van der Waals surface area contributed by atoms with Gasteiger partial charge in [0, 0.05) is 20.2 Å². The highest BCUT2D eigenvalue weighted by Crippen LogP contribution is 2.29. The zero-order valence-corrected chi connectivity index (χ0v) is 13.3. The van der Waals surface area contributed by atoms with Gasteiger partial charge in [0.05, 0.1) is 5.69 Å². The monoisotopic (exact) mass is 390 g/mol. The van der Waals surface area contributed by atoms with E-state index < -0.39 is 0 Å². The summed E-state index contributed by atoms with van der Waals surface area (Å²) in [5, 5.41) is 3.40. The molecular formula is C12H9Br2ClN2O. The van der Waals surface area contributed by atoms with Crippen LogP contribution in [-0.4, -0.2) is 10.9 Å². The van der Waals surface area contributed by atoms with Crippen molar-refractivity contribution in [1.82, 2.24) is 4.98 Å². The molecule has 0 saturated heterocycles. The minimum atomic E-state index is -0.221. The summed E-state index contributed by atoms with van der Waals surface area (Å²) in [4.78, 5) is 14.8. The molecule has 1 amide bonds. The second-order valence-electron chi connectivity index (χ2n) is 3.77. The molecular weight excluding hydrogens is 383 g/mol. The molecule has 0 spiro atoms. The maximum absolute atomic E-state index is 11.9. The molecule has 0 aliphatic carbocycles. The molecule has 0 saturated carbocycles. The van der Waals surface area contributed by atoms with E-state index in [0.717, 1.165) is 14.5 Å². The molecule has 1 heterocycles. The number of anilines is 1. The Morgan fingerprint density at radius 3 is 2.67 bits per heavy atom. The van der Waals surface area contributed by atoms with E-state index >= 15 is 0 Å². The lowest BCUT2D eigenvalue weighted by molar-refractivity contribution is 0.102. The lowest BCUT2D eigenvalue weighted by atomic mass is 10.2. The number of H-pyrrole nitrogens is 1. The average molecular weight is 392 g/mol. The fourth-order valence-corrected chi connectivity index (χ4v) is 2.49. The Morgan fingerprint density at radius 1 is 1.33 bits per heavy atom. The van der Waals surface area contributed by atoms with Crippen LogP contribution < -0.4 is 5.32 Å². The van der Waals surface area contributed by atoms with Gasteiger partial charge in [0.1, 0.15) is 5.69 Å². The molecule has 2 N–H and O–H groups in total. The number of hydrogen-bond acceptors (Lipinski definition) is 1. The third-order valence-electron chi connectivity index (χ3n) is 2.39. The first kappa shape index (κ1) is 13.6. The standard InChI is InChI=1S/C12H9Br2ClN2O/c1-6-2-8(14)10(4-9(6)15)17-12(18)11-3-7(13)5-16-11/h2-5,16H,1H3,(H,17,18). The van der Waals surface area contributed by atoms with E-state index in [1.165, 1.54) is 0 Å². The molecule has 0 fully saturated rings. The average Bonchev–Trinajstić information content (AvgIpc) is 2.73. The number of halogens is 3. The molecule has 0 aliphatic heterocycles. The molecule has 94 valence electrons. The summed E-state index contributed by atoms with van der Waals surface area (Å²) in [6.45, 7) is 1.90. The molecule has 18 heavy (non-hydrogen) atoms. The van der Waals surface area contributed by atoms with Crippen LogP contribution in [0.3, 0.4) is 0 Å². The number of nitrogens with one attached hydrogen (secondary N) is 2. The Morgan fingerprint density at radius 2 is 2.06 bits per heavy atom. The van der Waals surface area contributed by atoms with Crippen molar-refractivity contribution in [2.75, 3.05) is 5.32 Å². The van der Waals surface area contributed by atoms with Gasteiger partial charge in [-0.3, -0.25) is 4.79 Å². The topological polar surface area (TPSA) is 44.9 Å². The predicted molar refractivity (Wildman–Crippen MR) is 80.3 cm³/mol. The van der Waals surface area contributed by atoms with Crippen molar-refractivity contribution in [3.05, 3.63) is 49.6 Å². The number of hydrogen-bond donors (Lipinski definition) is 2. The first-order chi connectivity index (χ1) is 8.47. The van der Waals surface area contributed by atoms with Crippen molar-refractivity contribution in [1.29, 1.82) is 0 Å². The summed E-state index contributed by atoms with van der Waals surface area (Å²) in [6, 6.07) is 5.29. The van der Waals surface area contributed by atoms with Gasteiger partial charge in [0.2, 0.25) is 0 Å². The van der Waals surface area contributed by atoms with E-state index in [-0.39, 0.29) is 5.91 Å². The van der Waals surface area contributed by atoms with Crippen LogP contribution in [0.1, 0.15) is 16.1 Å². The summed E-state index contributed by atoms with van der Waals surface area (Å²) in [6.07, 6.45) is 1.70. The van der Waals surface area contributed by atoms with Crippen LogP contribution >= 0.6 is 43.5 Å². The van der Waals surface area contributed by atoms with Crippen LogP contribution in [-0.2, 0) is 0 Å². The summed E-state index contributed by atoms with van der Waals surface area (Å²) >= 11 is 12.7. The Hall–Kier alpha value is -0.780. The van der Waals surface area contributed by atoms with Gasteiger partial charge in [0.15, 0.2) is 0 Å². The van der Waals surface area contributed by atoms with Gasteiger partial charge in [-0.1, -0.05) is 11.6 Å². The minimum absolute atomic E-state index is 0.221. The molecule has 0 radical (unpaired) electrons. The minimum Gasteiger partial charge on any atom is -0.356 e. The first-order valence-electron chi connectivity index (χ1n) is 5.08. The van der Waals surface area contributed by atoms with Crippen LogP contribution in [0.2, 0.25) is 5.02 Å². The first-order valence-corrected chi connectivity index (χ1v) is 7.04. The number of aromatic amines is 1. The highest BCUT2D eigenvalue weighted by atomic mass is 79.9. The molecule has 0 atom stereocenters. The summed E-state index contributed by atoms with van der Waals surface area (Å²) in [7, 11) is 0. The maximum Gasteiger partial charge on any atom is 0.272 e. The zero-order chi connectivity index (χ0) is 13.3. The molecule has 0 bridgehead atoms. The van der Waals surface area contributed by atoms with Crippen LogP contribution in [0.5, 0.6) is 0 Å². The predicted octanol–water partition coefficient (Wildman–Crippen LogP) is 4.75. The summed E-state index contributed by atoms with van der Waals surface area (Å²) in [5.74, 6) is -0.221. The fraction of sp³-hybridized carbons (Fsp3) is 0.0833. The molecule has 1 aromatic carbocycles. The summed E-state index contributed by atoms with van der Waals surface area (Å²) < 4.78 is 1.62. The van der Waals surface area contributed by atoms with Gasteiger partial charge in [0.25, 0.3) is 5.91 Å². The lowest BCUT2D eigenvalue weighted by Crippen LogP contribution is -2.12. The number of carbonyl (C=O) groups is 1. The van der Waals surface area contributed by atoms with E-state index in [9.17, 15) is 4.79 Å². The number of aromatic nitrogens is 1. The SMILES string of the molecule is Cc1cc(Br)c(NC(=O)c2cc(Br)c[nH]2)cc1Cl. The van der Waals surface area contributed by atoms with Crippen molar-refractivity contribution in [3.8, 4) is 0 Å². The van der Waals surface area contributed by atoms with Gasteiger partial charge in [-0.2, -0.15) is 0 Å². The second kappa shape index (κ2) is 5.47. The Balaban J connectivity index is 2.24. The number of rotatable bonds is 2. The number of amides is 1. The van der Waals surface area contributed by atoms with Gasteiger partial charge in [-0.15, -0.1) is 0 Å². The maximum atomic E-state index is 11.9. The number of benzene rings is 1. The summed E-state index contributed by atoms with van der Waals surface area (Å²) in [5.41, 5.74) is 2.07. The van der Waals surface area contributed by atoms with Crippen molar-refractivity contribution < 1.29 is 4.79 Å². The van der Waals surface area contributed by atoms with E-state index in [0.29, 0.717) is 16.4 Å². The fourth-order valence-electron chi connectivity index (χ4n) is 1.43. The highest BCUT2D eigenvalue weighted by molar-refractivity contribution is 9.10. The van der Waals surface area contributed by atoms with E-state index in [1.807, 2.05) is 13.0 Å². The zero-order valence-electron chi connectivity index (χ0n) is 9.35.